The molecule has 0 aromatic rings. The highest BCUT2D eigenvalue weighted by Crippen LogP contribution is 2.46. The summed E-state index contributed by atoms with van der Waals surface area (Å²) in [5, 5.41) is 22.7. The van der Waals surface area contributed by atoms with Gasteiger partial charge in [-0.05, 0) is 79.4 Å². The Labute approximate surface area is 234 Å². The van der Waals surface area contributed by atoms with Gasteiger partial charge in [-0.15, -0.1) is 0 Å². The van der Waals surface area contributed by atoms with Crippen LogP contribution in [0.3, 0.4) is 0 Å². The lowest BCUT2D eigenvalue weighted by Gasteiger charge is -2.34. The van der Waals surface area contributed by atoms with Crippen molar-refractivity contribution in [1.82, 2.24) is 5.32 Å². The lowest BCUT2D eigenvalue weighted by molar-refractivity contribution is 0.108. The van der Waals surface area contributed by atoms with E-state index in [9.17, 15) is 36.9 Å². The highest BCUT2D eigenvalue weighted by Gasteiger charge is 2.36. The first-order valence-corrected chi connectivity index (χ1v) is 13.9. The summed E-state index contributed by atoms with van der Waals surface area (Å²) in [7, 11) is 0. The van der Waals surface area contributed by atoms with Gasteiger partial charge in [0.2, 0.25) is 0 Å². The minimum atomic E-state index is -3.31. The molecule has 0 saturated heterocycles. The highest BCUT2D eigenvalue weighted by molar-refractivity contribution is 5.52. The van der Waals surface area contributed by atoms with Crippen LogP contribution in [0.1, 0.15) is 98.8 Å². The summed E-state index contributed by atoms with van der Waals surface area (Å²) < 4.78 is 80.5. The third-order valence-electron chi connectivity index (χ3n) is 7.76. The lowest BCUT2D eigenvalue weighted by atomic mass is 9.70. The first-order valence-electron chi connectivity index (χ1n) is 13.9. The van der Waals surface area contributed by atoms with E-state index in [1.165, 1.54) is 6.92 Å². The van der Waals surface area contributed by atoms with Crippen LogP contribution in [0.5, 0.6) is 0 Å². The van der Waals surface area contributed by atoms with E-state index in [0.29, 0.717) is 54.6 Å². The van der Waals surface area contributed by atoms with E-state index in [2.05, 4.69) is 11.4 Å². The molecule has 0 spiro atoms. The molecule has 0 aromatic carbocycles. The average Bonchev–Trinajstić information content (AvgIpc) is 2.83. The van der Waals surface area contributed by atoms with Crippen LogP contribution in [0, 0.1) is 33.5 Å². The van der Waals surface area contributed by atoms with Crippen molar-refractivity contribution in [1.29, 1.82) is 10.5 Å². The van der Waals surface area contributed by atoms with Crippen LogP contribution in [-0.4, -0.2) is 25.8 Å². The fourth-order valence-corrected chi connectivity index (χ4v) is 5.84. The third-order valence-corrected chi connectivity index (χ3v) is 7.76. The molecule has 2 rings (SSSR count). The molecule has 3 nitrogen and oxygen atoms in total. The summed E-state index contributed by atoms with van der Waals surface area (Å²) in [5.41, 5.74) is -0.0500. The molecule has 9 heteroatoms. The number of hydrogen-bond donors (Lipinski definition) is 1. The predicted molar refractivity (Wildman–Crippen MR) is 145 cm³/mol. The SMILES string of the molecule is C/C(=C1\CC(C)(C)CC(NCCCCCCCC2=C(C#N)C(=C(C(F)F)C(F)F)CC(C)(C)C2)=C1C#N)C(F)F. The molecule has 0 bridgehead atoms. The molecule has 0 fully saturated rings. The number of nitriles is 2. The Kier molecular flexibility index (Phi) is 12.0. The molecule has 0 unspecified atom stereocenters. The summed E-state index contributed by atoms with van der Waals surface area (Å²) >= 11 is 0. The molecule has 0 amide bonds. The zero-order chi connectivity index (χ0) is 30.3. The monoisotopic (exact) mass is 569 g/mol. The second-order valence-electron chi connectivity index (χ2n) is 12.5. The predicted octanol–water partition coefficient (Wildman–Crippen LogP) is 9.56. The van der Waals surface area contributed by atoms with Gasteiger partial charge in [0, 0.05) is 12.2 Å². The molecule has 0 saturated carbocycles. The van der Waals surface area contributed by atoms with E-state index >= 15 is 0 Å². The van der Waals surface area contributed by atoms with Crippen molar-refractivity contribution < 1.29 is 26.3 Å². The van der Waals surface area contributed by atoms with Crippen molar-refractivity contribution in [3.8, 4) is 12.1 Å². The van der Waals surface area contributed by atoms with Crippen LogP contribution in [0.25, 0.3) is 0 Å². The summed E-state index contributed by atoms with van der Waals surface area (Å²) in [5.74, 6) is 0. The van der Waals surface area contributed by atoms with Gasteiger partial charge in [0.1, 0.15) is 6.07 Å². The maximum Gasteiger partial charge on any atom is 0.265 e. The van der Waals surface area contributed by atoms with Crippen LogP contribution in [0.2, 0.25) is 0 Å². The topological polar surface area (TPSA) is 59.6 Å². The normalized spacial score (nSPS) is 20.2. The van der Waals surface area contributed by atoms with E-state index < -0.39 is 30.3 Å². The summed E-state index contributed by atoms with van der Waals surface area (Å²) in [6, 6.07) is 4.06. The molecule has 0 radical (unpaired) electrons. The number of nitrogens with zero attached hydrogens (tertiary/aromatic N) is 2. The van der Waals surface area contributed by atoms with Crippen LogP contribution in [0.4, 0.5) is 26.3 Å². The van der Waals surface area contributed by atoms with E-state index in [4.69, 9.17) is 0 Å². The smallest absolute Gasteiger partial charge is 0.265 e. The molecule has 0 aromatic heterocycles. The molecule has 2 aliphatic rings. The number of hydrogen-bond acceptors (Lipinski definition) is 3. The largest absolute Gasteiger partial charge is 0.387 e. The van der Waals surface area contributed by atoms with Crippen molar-refractivity contribution in [2.75, 3.05) is 6.54 Å². The number of halogens is 6. The van der Waals surface area contributed by atoms with Gasteiger partial charge in [-0.1, -0.05) is 52.5 Å². The van der Waals surface area contributed by atoms with Crippen molar-refractivity contribution in [2.45, 2.75) is 118 Å². The van der Waals surface area contributed by atoms with Gasteiger partial charge < -0.3 is 5.32 Å². The summed E-state index contributed by atoms with van der Waals surface area (Å²) in [6.07, 6.45) is -3.02. The van der Waals surface area contributed by atoms with Gasteiger partial charge in [0.15, 0.2) is 0 Å². The van der Waals surface area contributed by atoms with Crippen molar-refractivity contribution >= 4 is 0 Å². The number of rotatable bonds is 12. The Morgan fingerprint density at radius 2 is 1.25 bits per heavy atom. The Hall–Kier alpha value is -2.68. The molecule has 2 aliphatic carbocycles. The van der Waals surface area contributed by atoms with E-state index in [1.54, 1.807) is 0 Å². The summed E-state index contributed by atoms with van der Waals surface area (Å²) in [4.78, 5) is 0. The van der Waals surface area contributed by atoms with Crippen LogP contribution in [0.15, 0.2) is 44.7 Å². The standard InChI is InChI=1S/C31H41F6N3/c1-19(27(32)33)21-14-31(4,5)16-25(24(21)18-39)40-12-10-8-6-7-9-11-20-13-30(2,3)15-22(23(20)17-38)26(28(34)35)29(36)37/h27-29,40H,6-16H2,1-5H3/b21-19-. The van der Waals surface area contributed by atoms with Gasteiger partial charge in [0.05, 0.1) is 22.8 Å². The second kappa shape index (κ2) is 14.3. The second-order valence-corrected chi connectivity index (χ2v) is 12.5. The molecule has 1 N–H and O–H groups in total. The van der Waals surface area contributed by atoms with Crippen LogP contribution in [-0.2, 0) is 0 Å². The number of allylic oxidation sites excluding steroid dienone is 8. The quantitative estimate of drug-likeness (QED) is 0.188. The average molecular weight is 570 g/mol. The zero-order valence-electron chi connectivity index (χ0n) is 24.2. The number of unbranched alkanes of at least 4 members (excludes halogenated alkanes) is 4. The van der Waals surface area contributed by atoms with Gasteiger partial charge in [-0.2, -0.15) is 10.5 Å². The van der Waals surface area contributed by atoms with Gasteiger partial charge in [-0.3, -0.25) is 0 Å². The summed E-state index contributed by atoms with van der Waals surface area (Å²) in [6.45, 7) is 9.68. The molecular formula is C31H41F6N3. The Morgan fingerprint density at radius 3 is 1.80 bits per heavy atom. The van der Waals surface area contributed by atoms with Crippen molar-refractivity contribution in [2.24, 2.45) is 10.8 Å². The molecule has 0 atom stereocenters. The van der Waals surface area contributed by atoms with Crippen molar-refractivity contribution in [3.05, 3.63) is 44.7 Å². The van der Waals surface area contributed by atoms with Gasteiger partial charge in [-0.25, -0.2) is 26.3 Å². The van der Waals surface area contributed by atoms with Gasteiger partial charge in [0.25, 0.3) is 19.3 Å². The lowest BCUT2D eigenvalue weighted by Crippen LogP contribution is -2.29. The fraction of sp³-hybridized carbons (Fsp3) is 0.677. The fourth-order valence-electron chi connectivity index (χ4n) is 5.84. The molecular weight excluding hydrogens is 528 g/mol. The van der Waals surface area contributed by atoms with Gasteiger partial charge >= 0.3 is 0 Å². The first kappa shape index (κ1) is 33.5. The highest BCUT2D eigenvalue weighted by atomic mass is 19.3. The first-order chi connectivity index (χ1) is 18.6. The third kappa shape index (κ3) is 8.91. The van der Waals surface area contributed by atoms with E-state index in [0.717, 1.165) is 32.1 Å². The number of nitrogens with one attached hydrogen (secondary N) is 1. The zero-order valence-corrected chi connectivity index (χ0v) is 24.2. The minimum absolute atomic E-state index is 0.00611. The maximum absolute atomic E-state index is 13.4. The molecule has 0 heterocycles. The number of alkyl halides is 6. The van der Waals surface area contributed by atoms with E-state index in [-0.39, 0.29) is 28.6 Å². The molecule has 40 heavy (non-hydrogen) atoms. The van der Waals surface area contributed by atoms with Crippen LogP contribution >= 0.6 is 0 Å². The van der Waals surface area contributed by atoms with E-state index in [1.807, 2.05) is 33.8 Å². The Bertz CT molecular complexity index is 1120. The molecule has 222 valence electrons. The Morgan fingerprint density at radius 1 is 0.725 bits per heavy atom. The maximum atomic E-state index is 13.4. The van der Waals surface area contributed by atoms with Crippen molar-refractivity contribution in [3.63, 3.8) is 0 Å². The van der Waals surface area contributed by atoms with Crippen LogP contribution < -0.4 is 5.32 Å². The molecule has 0 aliphatic heterocycles. The minimum Gasteiger partial charge on any atom is -0.387 e. The Balaban J connectivity index is 1.96.